The van der Waals surface area contributed by atoms with E-state index in [0.29, 0.717) is 6.10 Å². The van der Waals surface area contributed by atoms with Gasteiger partial charge in [0.05, 0.1) is 18.3 Å². The summed E-state index contributed by atoms with van der Waals surface area (Å²) in [7, 11) is 1.94. The second-order valence-electron chi connectivity index (χ2n) is 5.47. The van der Waals surface area contributed by atoms with Gasteiger partial charge in [-0.05, 0) is 26.3 Å². The molecule has 1 aromatic rings. The molecule has 0 aromatic carbocycles. The average Bonchev–Trinajstić information content (AvgIpc) is 3.00. The van der Waals surface area contributed by atoms with E-state index in [2.05, 4.69) is 30.0 Å². The first-order valence-electron chi connectivity index (χ1n) is 7.21. The van der Waals surface area contributed by atoms with Crippen molar-refractivity contribution in [2.45, 2.75) is 44.9 Å². The lowest BCUT2D eigenvalue weighted by molar-refractivity contribution is 0.0546. The average molecular weight is 266 g/mol. The number of nitrogens with two attached hydrogens (primary N) is 1. The van der Waals surface area contributed by atoms with Gasteiger partial charge in [-0.2, -0.15) is 5.10 Å². The van der Waals surface area contributed by atoms with Crippen LogP contribution in [-0.4, -0.2) is 46.5 Å². The van der Waals surface area contributed by atoms with Crippen molar-refractivity contribution in [3.05, 3.63) is 18.0 Å². The quantitative estimate of drug-likeness (QED) is 0.843. The summed E-state index contributed by atoms with van der Waals surface area (Å²) in [6.45, 7) is 7.08. The van der Waals surface area contributed by atoms with E-state index in [1.807, 2.05) is 17.9 Å². The first kappa shape index (κ1) is 14.5. The molecule has 2 N–H and O–H groups in total. The Morgan fingerprint density at radius 1 is 1.63 bits per heavy atom. The third-order valence-corrected chi connectivity index (χ3v) is 3.83. The highest BCUT2D eigenvalue weighted by molar-refractivity contribution is 5.13. The Labute approximate surface area is 115 Å². The van der Waals surface area contributed by atoms with Gasteiger partial charge in [-0.1, -0.05) is 6.92 Å². The molecule has 0 amide bonds. The summed E-state index contributed by atoms with van der Waals surface area (Å²) >= 11 is 0. The number of hydrogen-bond donors (Lipinski definition) is 1. The highest BCUT2D eigenvalue weighted by atomic mass is 16.5. The van der Waals surface area contributed by atoms with Crippen LogP contribution in [0.4, 0.5) is 0 Å². The second kappa shape index (κ2) is 6.50. The van der Waals surface area contributed by atoms with Crippen LogP contribution in [0.2, 0.25) is 0 Å². The van der Waals surface area contributed by atoms with E-state index in [1.165, 1.54) is 12.0 Å². The first-order valence-corrected chi connectivity index (χ1v) is 7.21. The minimum atomic E-state index is 0.0746. The maximum absolute atomic E-state index is 6.21. The van der Waals surface area contributed by atoms with Gasteiger partial charge in [0.1, 0.15) is 0 Å². The molecule has 1 saturated heterocycles. The predicted molar refractivity (Wildman–Crippen MR) is 75.8 cm³/mol. The lowest BCUT2D eigenvalue weighted by atomic mass is 10.0. The lowest BCUT2D eigenvalue weighted by Crippen LogP contribution is -2.42. The molecule has 1 aliphatic heterocycles. The van der Waals surface area contributed by atoms with Crippen molar-refractivity contribution in [3.63, 3.8) is 0 Å². The third kappa shape index (κ3) is 3.55. The maximum Gasteiger partial charge on any atom is 0.0703 e. The van der Waals surface area contributed by atoms with Crippen LogP contribution >= 0.6 is 0 Å². The molecule has 3 atom stereocenters. The zero-order valence-corrected chi connectivity index (χ0v) is 12.2. The summed E-state index contributed by atoms with van der Waals surface area (Å²) in [6, 6.07) is 0.286. The molecule has 1 aromatic heterocycles. The van der Waals surface area contributed by atoms with Gasteiger partial charge in [0.15, 0.2) is 0 Å². The van der Waals surface area contributed by atoms with E-state index in [9.17, 15) is 0 Å². The Hall–Kier alpha value is -0.910. The minimum absolute atomic E-state index is 0.0746. The van der Waals surface area contributed by atoms with Crippen LogP contribution in [0.3, 0.4) is 0 Å². The van der Waals surface area contributed by atoms with Crippen molar-refractivity contribution >= 4 is 0 Å². The molecule has 0 saturated carbocycles. The molecule has 1 aliphatic rings. The van der Waals surface area contributed by atoms with Crippen molar-refractivity contribution in [1.82, 2.24) is 14.7 Å². The maximum atomic E-state index is 6.21. The highest BCUT2D eigenvalue weighted by Gasteiger charge is 2.27. The highest BCUT2D eigenvalue weighted by Crippen LogP contribution is 2.25. The predicted octanol–water partition coefficient (Wildman–Crippen LogP) is 1.31. The van der Waals surface area contributed by atoms with Crippen LogP contribution in [0, 0.1) is 0 Å². The van der Waals surface area contributed by atoms with Gasteiger partial charge < -0.3 is 10.5 Å². The molecule has 2 rings (SSSR count). The molecule has 1 fully saturated rings. The van der Waals surface area contributed by atoms with Crippen LogP contribution < -0.4 is 5.73 Å². The van der Waals surface area contributed by atoms with E-state index in [1.54, 1.807) is 0 Å². The van der Waals surface area contributed by atoms with Crippen molar-refractivity contribution in [2.24, 2.45) is 12.8 Å². The van der Waals surface area contributed by atoms with Crippen LogP contribution in [-0.2, 0) is 11.8 Å². The first-order chi connectivity index (χ1) is 9.11. The smallest absolute Gasteiger partial charge is 0.0703 e. The molecular weight excluding hydrogens is 240 g/mol. The van der Waals surface area contributed by atoms with Gasteiger partial charge in [0.25, 0.3) is 0 Å². The number of aryl methyl sites for hydroxylation is 1. The number of likely N-dealkylation sites (N-methyl/N-ethyl adjacent to an activating group) is 1. The van der Waals surface area contributed by atoms with E-state index >= 15 is 0 Å². The summed E-state index contributed by atoms with van der Waals surface area (Å²) in [4.78, 5) is 2.41. The summed E-state index contributed by atoms with van der Waals surface area (Å²) in [6.07, 6.45) is 6.68. The van der Waals surface area contributed by atoms with Crippen LogP contribution in [0.15, 0.2) is 12.4 Å². The molecule has 108 valence electrons. The van der Waals surface area contributed by atoms with Crippen molar-refractivity contribution in [3.8, 4) is 0 Å². The summed E-state index contributed by atoms with van der Waals surface area (Å²) < 4.78 is 7.59. The Morgan fingerprint density at radius 3 is 2.89 bits per heavy atom. The number of rotatable bonds is 6. The van der Waals surface area contributed by atoms with Gasteiger partial charge in [-0.3, -0.25) is 9.58 Å². The van der Waals surface area contributed by atoms with E-state index in [0.717, 1.165) is 26.1 Å². The van der Waals surface area contributed by atoms with Gasteiger partial charge in [0.2, 0.25) is 0 Å². The zero-order chi connectivity index (χ0) is 13.8. The molecule has 0 bridgehead atoms. The molecule has 0 radical (unpaired) electrons. The second-order valence-corrected chi connectivity index (χ2v) is 5.47. The van der Waals surface area contributed by atoms with Crippen molar-refractivity contribution < 1.29 is 4.74 Å². The van der Waals surface area contributed by atoms with Gasteiger partial charge >= 0.3 is 0 Å². The number of aromatic nitrogens is 2. The van der Waals surface area contributed by atoms with E-state index in [-0.39, 0.29) is 12.1 Å². The van der Waals surface area contributed by atoms with E-state index in [4.69, 9.17) is 10.5 Å². The SMILES string of the molecule is CCN(CC1CCCO1)C(c1cnn(C)c1)C(C)N. The number of hydrogen-bond acceptors (Lipinski definition) is 4. The summed E-state index contributed by atoms with van der Waals surface area (Å²) in [5.41, 5.74) is 7.40. The summed E-state index contributed by atoms with van der Waals surface area (Å²) in [5, 5.41) is 4.27. The molecule has 2 heterocycles. The van der Waals surface area contributed by atoms with E-state index < -0.39 is 0 Å². The van der Waals surface area contributed by atoms with Crippen molar-refractivity contribution in [2.75, 3.05) is 19.7 Å². The minimum Gasteiger partial charge on any atom is -0.377 e. The third-order valence-electron chi connectivity index (χ3n) is 3.83. The number of ether oxygens (including phenoxy) is 1. The van der Waals surface area contributed by atoms with Gasteiger partial charge in [-0.25, -0.2) is 0 Å². The summed E-state index contributed by atoms with van der Waals surface area (Å²) in [5.74, 6) is 0. The van der Waals surface area contributed by atoms with Crippen molar-refractivity contribution in [1.29, 1.82) is 0 Å². The standard InChI is InChI=1S/C14H26N4O/c1-4-18(10-13-6-5-7-19-13)14(11(2)15)12-8-16-17(3)9-12/h8-9,11,13-14H,4-7,10,15H2,1-3H3. The Morgan fingerprint density at radius 2 is 2.42 bits per heavy atom. The Kier molecular flexibility index (Phi) is 4.96. The molecule has 5 nitrogen and oxygen atoms in total. The molecule has 5 heteroatoms. The number of nitrogens with zero attached hydrogens (tertiary/aromatic N) is 3. The van der Waals surface area contributed by atoms with Gasteiger partial charge in [-0.15, -0.1) is 0 Å². The fourth-order valence-corrected chi connectivity index (χ4v) is 2.93. The topological polar surface area (TPSA) is 56.3 Å². The zero-order valence-electron chi connectivity index (χ0n) is 12.2. The fraction of sp³-hybridized carbons (Fsp3) is 0.786. The molecular formula is C14H26N4O. The Bertz CT molecular complexity index is 385. The Balaban J connectivity index is 2.10. The molecule has 19 heavy (non-hydrogen) atoms. The fourth-order valence-electron chi connectivity index (χ4n) is 2.93. The molecule has 0 aliphatic carbocycles. The van der Waals surface area contributed by atoms with Crippen LogP contribution in [0.1, 0.15) is 38.3 Å². The normalized spacial score (nSPS) is 22.9. The monoisotopic (exact) mass is 266 g/mol. The lowest BCUT2D eigenvalue weighted by Gasteiger charge is -2.34. The molecule has 0 spiro atoms. The largest absolute Gasteiger partial charge is 0.377 e. The van der Waals surface area contributed by atoms with Crippen LogP contribution in [0.5, 0.6) is 0 Å². The molecule has 3 unspecified atom stereocenters. The van der Waals surface area contributed by atoms with Crippen LogP contribution in [0.25, 0.3) is 0 Å². The van der Waals surface area contributed by atoms with Gasteiger partial charge in [0, 0.05) is 38.0 Å².